The van der Waals surface area contributed by atoms with Crippen molar-refractivity contribution in [3.8, 4) is 0 Å². The molecule has 0 amide bonds. The first-order chi connectivity index (χ1) is 13.0. The number of hydrogen-bond donors (Lipinski definition) is 0. The molecule has 0 aromatic rings. The molecule has 1 nitrogen and oxygen atoms in total. The van der Waals surface area contributed by atoms with Crippen LogP contribution in [0.5, 0.6) is 0 Å². The predicted molar refractivity (Wildman–Crippen MR) is 136 cm³/mol. The Morgan fingerprint density at radius 1 is 0.857 bits per heavy atom. The number of rotatable bonds is 16. The molecule has 1 atom stereocenters. The van der Waals surface area contributed by atoms with Crippen LogP contribution < -0.4 is 0 Å². The Morgan fingerprint density at radius 2 is 1.32 bits per heavy atom. The van der Waals surface area contributed by atoms with E-state index in [2.05, 4.69) is 73.7 Å². The number of allylic oxidation sites excluding steroid dienone is 2. The van der Waals surface area contributed by atoms with Gasteiger partial charge in [-0.3, -0.25) is 0 Å². The molecule has 0 N–H and O–H groups in total. The molecule has 0 radical (unpaired) electrons. The molecular formula is C25H54OSiSn. The topological polar surface area (TPSA) is 9.23 Å². The SMILES string of the molecule is CCC[CH2][Sn]([CH2]/C=C/CC[C@H](C)O[Si](C)(C)C(C)(C)C)([CH2]CCC)[CH2]CCC. The molecule has 0 fully saturated rings. The third-order valence-electron chi connectivity index (χ3n) is 6.94. The Bertz CT molecular complexity index is 389. The molecule has 0 heterocycles. The van der Waals surface area contributed by atoms with Crippen molar-refractivity contribution in [1.29, 1.82) is 0 Å². The normalized spacial score (nSPS) is 14.8. The van der Waals surface area contributed by atoms with Crippen LogP contribution in [0.4, 0.5) is 0 Å². The predicted octanol–water partition coefficient (Wildman–Crippen LogP) is 9.58. The zero-order valence-electron chi connectivity index (χ0n) is 21.1. The van der Waals surface area contributed by atoms with Crippen LogP contribution in [0.3, 0.4) is 0 Å². The van der Waals surface area contributed by atoms with E-state index in [4.69, 9.17) is 4.43 Å². The van der Waals surface area contributed by atoms with Crippen molar-refractivity contribution < 1.29 is 4.43 Å². The van der Waals surface area contributed by atoms with Gasteiger partial charge in [-0.15, -0.1) is 0 Å². The monoisotopic (exact) mass is 518 g/mol. The van der Waals surface area contributed by atoms with Gasteiger partial charge in [0.05, 0.1) is 0 Å². The summed E-state index contributed by atoms with van der Waals surface area (Å²) in [6.07, 6.45) is 16.4. The molecule has 28 heavy (non-hydrogen) atoms. The molecule has 0 saturated heterocycles. The molecule has 0 bridgehead atoms. The van der Waals surface area contributed by atoms with Gasteiger partial charge in [-0.1, -0.05) is 0 Å². The van der Waals surface area contributed by atoms with Crippen molar-refractivity contribution in [3.63, 3.8) is 0 Å². The van der Waals surface area contributed by atoms with Crippen LogP contribution in [0.25, 0.3) is 0 Å². The standard InChI is InChI=1S/C13H27OSi.3C4H9.Sn/c1-8-9-10-11-12(2)14-15(6,7)13(3,4)5;3*1-3-4-2;/h8-9,12H,1,10-11H2,2-7H3;3*1,3-4H2,2H3;/b9-8+;;;;/t12-;;;;/m0..../s1. The van der Waals surface area contributed by atoms with Crippen molar-refractivity contribution >= 4 is 26.7 Å². The van der Waals surface area contributed by atoms with E-state index >= 15 is 0 Å². The molecule has 0 aromatic carbocycles. The van der Waals surface area contributed by atoms with E-state index in [9.17, 15) is 0 Å². The second-order valence-electron chi connectivity index (χ2n) is 10.8. The summed E-state index contributed by atoms with van der Waals surface area (Å²) >= 11 is -1.96. The van der Waals surface area contributed by atoms with Crippen molar-refractivity contribution in [1.82, 2.24) is 0 Å². The second-order valence-corrected chi connectivity index (χ2v) is 29.5. The third-order valence-corrected chi connectivity index (χ3v) is 26.8. The van der Waals surface area contributed by atoms with Crippen molar-refractivity contribution in [2.24, 2.45) is 0 Å². The van der Waals surface area contributed by atoms with Crippen LogP contribution in [0.15, 0.2) is 12.2 Å². The van der Waals surface area contributed by atoms with Gasteiger partial charge in [0.1, 0.15) is 0 Å². The van der Waals surface area contributed by atoms with Gasteiger partial charge >= 0.3 is 185 Å². The van der Waals surface area contributed by atoms with E-state index in [1.165, 1.54) is 55.8 Å². The van der Waals surface area contributed by atoms with E-state index in [0.29, 0.717) is 11.1 Å². The summed E-state index contributed by atoms with van der Waals surface area (Å²) in [4.78, 5) is 0. The second kappa shape index (κ2) is 14.7. The minimum absolute atomic E-state index is 0.309. The maximum atomic E-state index is 6.53. The summed E-state index contributed by atoms with van der Waals surface area (Å²) in [6, 6.07) is 0. The molecule has 168 valence electrons. The zero-order valence-corrected chi connectivity index (χ0v) is 25.0. The van der Waals surface area contributed by atoms with Crippen molar-refractivity contribution in [2.75, 3.05) is 0 Å². The third kappa shape index (κ3) is 11.8. The Balaban J connectivity index is 4.67. The molecule has 0 spiro atoms. The first-order valence-electron chi connectivity index (χ1n) is 12.4. The summed E-state index contributed by atoms with van der Waals surface area (Å²) in [5.74, 6) is 0. The van der Waals surface area contributed by atoms with Crippen LogP contribution in [-0.4, -0.2) is 32.8 Å². The van der Waals surface area contributed by atoms with Gasteiger partial charge < -0.3 is 0 Å². The van der Waals surface area contributed by atoms with Gasteiger partial charge in [-0.2, -0.15) is 0 Å². The van der Waals surface area contributed by atoms with Crippen LogP contribution >= 0.6 is 0 Å². The van der Waals surface area contributed by atoms with E-state index in [1.54, 1.807) is 13.3 Å². The van der Waals surface area contributed by atoms with Crippen molar-refractivity contribution in [3.05, 3.63) is 12.2 Å². The van der Waals surface area contributed by atoms with Gasteiger partial charge in [-0.25, -0.2) is 0 Å². The van der Waals surface area contributed by atoms with E-state index in [-0.39, 0.29) is 0 Å². The molecule has 0 aliphatic rings. The molecule has 3 heteroatoms. The summed E-state index contributed by atoms with van der Waals surface area (Å²) in [7, 11) is -1.63. The molecule has 0 saturated carbocycles. The summed E-state index contributed by atoms with van der Waals surface area (Å²) in [5, 5.41) is 0.309. The fourth-order valence-corrected chi connectivity index (χ4v) is 20.6. The van der Waals surface area contributed by atoms with Crippen LogP contribution in [-0.2, 0) is 4.43 Å². The van der Waals surface area contributed by atoms with Crippen molar-refractivity contribution in [2.45, 2.75) is 142 Å². The Hall–Kier alpha value is 0.716. The fraction of sp³-hybridized carbons (Fsp3) is 0.920. The van der Waals surface area contributed by atoms with Crippen LogP contribution in [0.2, 0.25) is 35.9 Å². The Morgan fingerprint density at radius 3 is 1.71 bits per heavy atom. The summed E-state index contributed by atoms with van der Waals surface area (Å²) < 4.78 is 12.9. The molecule has 0 rings (SSSR count). The van der Waals surface area contributed by atoms with Crippen LogP contribution in [0.1, 0.15) is 99.8 Å². The zero-order chi connectivity index (χ0) is 21.7. The molecule has 0 aromatic heterocycles. The fourth-order valence-electron chi connectivity index (χ4n) is 3.86. The quantitative estimate of drug-likeness (QED) is 0.146. The minimum atomic E-state index is -1.96. The molecule has 0 aliphatic heterocycles. The van der Waals surface area contributed by atoms with Gasteiger partial charge in [-0.05, 0) is 0 Å². The Labute approximate surface area is 184 Å². The molecule has 0 unspecified atom stereocenters. The van der Waals surface area contributed by atoms with Crippen LogP contribution in [0, 0.1) is 0 Å². The van der Waals surface area contributed by atoms with Gasteiger partial charge in [0, 0.05) is 0 Å². The van der Waals surface area contributed by atoms with E-state index in [1.807, 2.05) is 0 Å². The molecule has 0 aliphatic carbocycles. The maximum absolute atomic E-state index is 6.53. The average Bonchev–Trinajstić information content (AvgIpc) is 2.60. The summed E-state index contributed by atoms with van der Waals surface area (Å²) in [6.45, 7) is 21.1. The van der Waals surface area contributed by atoms with Gasteiger partial charge in [0.25, 0.3) is 0 Å². The number of hydrogen-bond acceptors (Lipinski definition) is 1. The van der Waals surface area contributed by atoms with Gasteiger partial charge in [0.2, 0.25) is 0 Å². The first kappa shape index (κ1) is 28.7. The molecular weight excluding hydrogens is 463 g/mol. The van der Waals surface area contributed by atoms with E-state index < -0.39 is 26.7 Å². The van der Waals surface area contributed by atoms with Gasteiger partial charge in [0.15, 0.2) is 0 Å². The number of unbranched alkanes of at least 4 members (excludes halogenated alkanes) is 3. The van der Waals surface area contributed by atoms with E-state index in [0.717, 1.165) is 0 Å². The first-order valence-corrected chi connectivity index (χ1v) is 23.3. The Kier molecular flexibility index (Phi) is 15.0. The average molecular weight is 518 g/mol. The summed E-state index contributed by atoms with van der Waals surface area (Å²) in [5.41, 5.74) is 0.